The first-order valence-corrected chi connectivity index (χ1v) is 17.0. The van der Waals surface area contributed by atoms with Crippen LogP contribution in [0.4, 0.5) is 0 Å². The van der Waals surface area contributed by atoms with E-state index in [1.165, 1.54) is 64.7 Å². The van der Waals surface area contributed by atoms with Crippen molar-refractivity contribution < 1.29 is 9.47 Å². The van der Waals surface area contributed by atoms with Gasteiger partial charge in [-0.3, -0.25) is 0 Å². The standard InChI is InChI=1S/C6H13O2.3C4H9.Sn/c1-3-4-5-8-6-7-2;3*1-3-4-2;/h5H,3-4,6H2,1-2H3;3*1,3-4H2,2H3;. The molecule has 0 rings (SSSR count). The van der Waals surface area contributed by atoms with Gasteiger partial charge in [-0.1, -0.05) is 0 Å². The normalized spacial score (nSPS) is 13.6. The Bertz CT molecular complexity index is 199. The van der Waals surface area contributed by atoms with Gasteiger partial charge in [0, 0.05) is 0 Å². The van der Waals surface area contributed by atoms with Crippen LogP contribution in [0.1, 0.15) is 79.1 Å². The summed E-state index contributed by atoms with van der Waals surface area (Å²) in [4.78, 5) is 0. The Morgan fingerprint density at radius 3 is 1.57 bits per heavy atom. The molecular weight excluding hydrogens is 367 g/mol. The van der Waals surface area contributed by atoms with Gasteiger partial charge in [0.1, 0.15) is 0 Å². The number of ether oxygens (including phenoxy) is 2. The van der Waals surface area contributed by atoms with Gasteiger partial charge in [-0.2, -0.15) is 0 Å². The number of hydrogen-bond donors (Lipinski definition) is 0. The monoisotopic (exact) mass is 408 g/mol. The van der Waals surface area contributed by atoms with Crippen LogP contribution >= 0.6 is 0 Å². The van der Waals surface area contributed by atoms with E-state index in [0.29, 0.717) is 10.9 Å². The summed E-state index contributed by atoms with van der Waals surface area (Å²) in [5.41, 5.74) is 0. The van der Waals surface area contributed by atoms with Gasteiger partial charge < -0.3 is 0 Å². The summed E-state index contributed by atoms with van der Waals surface area (Å²) in [7, 11) is 1.75. The van der Waals surface area contributed by atoms with Crippen LogP contribution in [0.3, 0.4) is 0 Å². The SMILES string of the molecule is CCC[CH2][Sn]([CH2]CCC)([CH2]CCC)[CH](CCC)OCOC. The molecule has 128 valence electrons. The van der Waals surface area contributed by atoms with Crippen LogP contribution in [-0.4, -0.2) is 36.4 Å². The van der Waals surface area contributed by atoms with Gasteiger partial charge in [-0.15, -0.1) is 0 Å². The average molecular weight is 407 g/mol. The molecule has 0 bridgehead atoms. The van der Waals surface area contributed by atoms with Crippen molar-refractivity contribution in [3.63, 3.8) is 0 Å². The topological polar surface area (TPSA) is 18.5 Å². The molecule has 0 heterocycles. The molecule has 0 aromatic carbocycles. The Morgan fingerprint density at radius 2 is 1.24 bits per heavy atom. The van der Waals surface area contributed by atoms with Crippen molar-refractivity contribution in [1.82, 2.24) is 0 Å². The van der Waals surface area contributed by atoms with Crippen molar-refractivity contribution in [1.29, 1.82) is 0 Å². The molecule has 0 spiro atoms. The molecule has 0 aliphatic rings. The Hall–Kier alpha value is 0.719. The fourth-order valence-electron chi connectivity index (χ4n) is 3.42. The van der Waals surface area contributed by atoms with Crippen molar-refractivity contribution >= 4 is 18.4 Å². The van der Waals surface area contributed by atoms with Crippen molar-refractivity contribution in [3.05, 3.63) is 0 Å². The summed E-state index contributed by atoms with van der Waals surface area (Å²) >= 11 is -2.23. The fourth-order valence-corrected chi connectivity index (χ4v) is 21.2. The van der Waals surface area contributed by atoms with Crippen LogP contribution < -0.4 is 0 Å². The Labute approximate surface area is 138 Å². The van der Waals surface area contributed by atoms with Gasteiger partial charge in [0.15, 0.2) is 0 Å². The third kappa shape index (κ3) is 8.80. The molecule has 0 saturated carbocycles. The molecule has 0 aromatic heterocycles. The van der Waals surface area contributed by atoms with Crippen molar-refractivity contribution in [2.24, 2.45) is 0 Å². The maximum atomic E-state index is 6.26. The molecule has 1 atom stereocenters. The summed E-state index contributed by atoms with van der Waals surface area (Å²) in [6, 6.07) is 0. The number of rotatable bonds is 15. The summed E-state index contributed by atoms with van der Waals surface area (Å²) in [6.45, 7) is 9.80. The first kappa shape index (κ1) is 21.7. The van der Waals surface area contributed by atoms with Crippen molar-refractivity contribution in [2.75, 3.05) is 13.9 Å². The molecule has 2 nitrogen and oxygen atoms in total. The Balaban J connectivity index is 5.08. The zero-order valence-corrected chi connectivity index (χ0v) is 18.2. The van der Waals surface area contributed by atoms with Crippen molar-refractivity contribution in [3.8, 4) is 0 Å². The van der Waals surface area contributed by atoms with E-state index in [4.69, 9.17) is 9.47 Å². The van der Waals surface area contributed by atoms with E-state index in [1.54, 1.807) is 7.11 Å². The third-order valence-electron chi connectivity index (χ3n) is 4.71. The average Bonchev–Trinajstić information content (AvgIpc) is 2.51. The molecule has 0 saturated heterocycles. The van der Waals surface area contributed by atoms with E-state index in [2.05, 4.69) is 27.7 Å². The summed E-state index contributed by atoms with van der Waals surface area (Å²) in [5.74, 6) is 0. The number of unbranched alkanes of at least 4 members (excludes halogenated alkanes) is 3. The summed E-state index contributed by atoms with van der Waals surface area (Å²) in [6.07, 6.45) is 10.8. The minimum absolute atomic E-state index is 0.494. The molecule has 0 fully saturated rings. The quantitative estimate of drug-likeness (QED) is 0.239. The van der Waals surface area contributed by atoms with Crippen LogP contribution in [0, 0.1) is 0 Å². The third-order valence-corrected chi connectivity index (χ3v) is 21.5. The van der Waals surface area contributed by atoms with Gasteiger partial charge >= 0.3 is 138 Å². The second kappa shape index (κ2) is 14.3. The molecule has 0 aromatic rings. The van der Waals surface area contributed by atoms with Crippen LogP contribution in [0.2, 0.25) is 13.3 Å². The van der Waals surface area contributed by atoms with Gasteiger partial charge in [-0.25, -0.2) is 0 Å². The predicted octanol–water partition coefficient (Wildman–Crippen LogP) is 6.16. The first-order chi connectivity index (χ1) is 10.2. The zero-order chi connectivity index (χ0) is 16.0. The van der Waals surface area contributed by atoms with Crippen LogP contribution in [0.25, 0.3) is 0 Å². The second-order valence-electron chi connectivity index (χ2n) is 6.52. The van der Waals surface area contributed by atoms with Crippen LogP contribution in [0.15, 0.2) is 0 Å². The Kier molecular flexibility index (Phi) is 14.8. The van der Waals surface area contributed by atoms with Gasteiger partial charge in [0.2, 0.25) is 0 Å². The van der Waals surface area contributed by atoms with Gasteiger partial charge in [0.25, 0.3) is 0 Å². The molecule has 1 unspecified atom stereocenters. The fraction of sp³-hybridized carbons (Fsp3) is 1.00. The maximum absolute atomic E-state index is 6.26. The molecule has 0 aliphatic carbocycles. The molecule has 0 N–H and O–H groups in total. The molecule has 3 heteroatoms. The van der Waals surface area contributed by atoms with E-state index < -0.39 is 18.4 Å². The first-order valence-electron chi connectivity index (χ1n) is 9.31. The zero-order valence-electron chi connectivity index (χ0n) is 15.4. The van der Waals surface area contributed by atoms with E-state index in [9.17, 15) is 0 Å². The van der Waals surface area contributed by atoms with E-state index in [1.807, 2.05) is 0 Å². The molecule has 0 amide bonds. The predicted molar refractivity (Wildman–Crippen MR) is 96.6 cm³/mol. The Morgan fingerprint density at radius 1 is 0.762 bits per heavy atom. The number of hydrogen-bond acceptors (Lipinski definition) is 2. The van der Waals surface area contributed by atoms with E-state index in [-0.39, 0.29) is 0 Å². The van der Waals surface area contributed by atoms with Gasteiger partial charge in [0.05, 0.1) is 0 Å². The van der Waals surface area contributed by atoms with Crippen LogP contribution in [-0.2, 0) is 9.47 Å². The minimum atomic E-state index is -2.23. The molecule has 0 aliphatic heterocycles. The second-order valence-corrected chi connectivity index (χ2v) is 20.4. The van der Waals surface area contributed by atoms with Crippen molar-refractivity contribution in [2.45, 2.75) is 96.5 Å². The molecule has 21 heavy (non-hydrogen) atoms. The molecular formula is C18H40O2Sn. The summed E-state index contributed by atoms with van der Waals surface area (Å²) in [5, 5.41) is 0. The summed E-state index contributed by atoms with van der Waals surface area (Å²) < 4.78 is 16.7. The van der Waals surface area contributed by atoms with E-state index >= 15 is 0 Å². The van der Waals surface area contributed by atoms with Gasteiger partial charge in [-0.05, 0) is 0 Å². The molecule has 0 radical (unpaired) electrons. The number of methoxy groups -OCH3 is 1. The van der Waals surface area contributed by atoms with Crippen LogP contribution in [0.5, 0.6) is 0 Å². The van der Waals surface area contributed by atoms with E-state index in [0.717, 1.165) is 0 Å².